The van der Waals surface area contributed by atoms with Crippen LogP contribution >= 0.6 is 0 Å². The number of nitrogens with zero attached hydrogens (tertiary/aromatic N) is 2. The van der Waals surface area contributed by atoms with Crippen LogP contribution in [-0.4, -0.2) is 36.4 Å². The maximum absolute atomic E-state index is 12.7. The number of nitrogens with one attached hydrogen (secondary N) is 1. The summed E-state index contributed by atoms with van der Waals surface area (Å²) in [6.07, 6.45) is 2.51. The minimum atomic E-state index is -3.40. The summed E-state index contributed by atoms with van der Waals surface area (Å²) in [5, 5.41) is 3.22. The molecule has 0 bridgehead atoms. The van der Waals surface area contributed by atoms with Gasteiger partial charge in [0.05, 0.1) is 0 Å². The van der Waals surface area contributed by atoms with Gasteiger partial charge in [-0.1, -0.05) is 20.8 Å². The van der Waals surface area contributed by atoms with E-state index in [2.05, 4.69) is 5.32 Å². The number of aryl methyl sites for hydroxylation is 1. The molecule has 0 aliphatic carbocycles. The standard InChI is InChI=1S/C14H27N3O2S/c1-6-12(4)17(8-3)20(18,19)14-9-13(10-15-7-2)16(5)11-14/h9,11-12,15H,6-8,10H2,1-5H3. The Balaban J connectivity index is 3.09. The maximum atomic E-state index is 12.7. The molecule has 1 rings (SSSR count). The van der Waals surface area contributed by atoms with Crippen molar-refractivity contribution in [2.75, 3.05) is 13.1 Å². The summed E-state index contributed by atoms with van der Waals surface area (Å²) in [6.45, 7) is 9.90. The van der Waals surface area contributed by atoms with E-state index in [0.717, 1.165) is 18.7 Å². The summed E-state index contributed by atoms with van der Waals surface area (Å²) in [6, 6.07) is 1.78. The Labute approximate surface area is 123 Å². The molecule has 1 aromatic heterocycles. The molecule has 0 amide bonds. The van der Waals surface area contributed by atoms with Gasteiger partial charge in [-0.15, -0.1) is 0 Å². The summed E-state index contributed by atoms with van der Waals surface area (Å²) in [5.74, 6) is 0. The van der Waals surface area contributed by atoms with Gasteiger partial charge in [-0.3, -0.25) is 0 Å². The first-order chi connectivity index (χ1) is 9.38. The summed E-state index contributed by atoms with van der Waals surface area (Å²) >= 11 is 0. The van der Waals surface area contributed by atoms with Crippen LogP contribution in [-0.2, 0) is 23.6 Å². The second kappa shape index (κ2) is 7.24. The lowest BCUT2D eigenvalue weighted by Gasteiger charge is -2.25. The highest BCUT2D eigenvalue weighted by atomic mass is 32.2. The van der Waals surface area contributed by atoms with E-state index >= 15 is 0 Å². The van der Waals surface area contributed by atoms with Gasteiger partial charge in [0, 0.05) is 38.1 Å². The van der Waals surface area contributed by atoms with Crippen molar-refractivity contribution in [1.82, 2.24) is 14.2 Å². The third-order valence-corrected chi connectivity index (χ3v) is 5.69. The molecule has 1 aromatic rings. The lowest BCUT2D eigenvalue weighted by Crippen LogP contribution is -2.37. The molecule has 0 radical (unpaired) electrons. The predicted octanol–water partition coefficient (Wildman–Crippen LogP) is 1.94. The van der Waals surface area contributed by atoms with Crippen molar-refractivity contribution in [3.05, 3.63) is 18.0 Å². The Hall–Kier alpha value is -0.850. The predicted molar refractivity (Wildman–Crippen MR) is 82.1 cm³/mol. The molecule has 0 aliphatic heterocycles. The Morgan fingerprint density at radius 1 is 1.35 bits per heavy atom. The van der Waals surface area contributed by atoms with Crippen LogP contribution < -0.4 is 5.32 Å². The summed E-state index contributed by atoms with van der Waals surface area (Å²) < 4.78 is 28.8. The molecule has 0 spiro atoms. The van der Waals surface area contributed by atoms with E-state index in [1.165, 1.54) is 0 Å². The number of sulfonamides is 1. The SMILES string of the molecule is CCNCc1cc(S(=O)(=O)N(CC)C(C)CC)cn1C. The van der Waals surface area contributed by atoms with Crippen molar-refractivity contribution >= 4 is 10.0 Å². The average molecular weight is 301 g/mol. The highest BCUT2D eigenvalue weighted by Gasteiger charge is 2.28. The zero-order chi connectivity index (χ0) is 15.3. The Bertz CT molecular complexity index is 523. The second-order valence-corrected chi connectivity index (χ2v) is 6.91. The summed E-state index contributed by atoms with van der Waals surface area (Å²) in [4.78, 5) is 0.384. The fourth-order valence-corrected chi connectivity index (χ4v) is 4.01. The quantitative estimate of drug-likeness (QED) is 0.798. The van der Waals surface area contributed by atoms with Crippen molar-refractivity contribution in [2.45, 2.75) is 51.6 Å². The fourth-order valence-electron chi connectivity index (χ4n) is 2.20. The Morgan fingerprint density at radius 2 is 2.00 bits per heavy atom. The zero-order valence-corrected chi connectivity index (χ0v) is 14.0. The summed E-state index contributed by atoms with van der Waals surface area (Å²) in [5.41, 5.74) is 0.977. The zero-order valence-electron chi connectivity index (χ0n) is 13.2. The van der Waals surface area contributed by atoms with Gasteiger partial charge in [-0.05, 0) is 26.0 Å². The third kappa shape index (κ3) is 3.62. The van der Waals surface area contributed by atoms with Gasteiger partial charge in [-0.2, -0.15) is 4.31 Å². The van der Waals surface area contributed by atoms with E-state index in [0.29, 0.717) is 18.0 Å². The van der Waals surface area contributed by atoms with Gasteiger partial charge in [-0.25, -0.2) is 8.42 Å². The molecule has 0 saturated carbocycles. The Morgan fingerprint density at radius 3 is 2.50 bits per heavy atom. The normalized spacial score (nSPS) is 13.9. The van der Waals surface area contributed by atoms with E-state index in [-0.39, 0.29) is 6.04 Å². The van der Waals surface area contributed by atoms with Crippen molar-refractivity contribution in [2.24, 2.45) is 7.05 Å². The lowest BCUT2D eigenvalue weighted by molar-refractivity contribution is 0.342. The average Bonchev–Trinajstić information content (AvgIpc) is 2.78. The molecular weight excluding hydrogens is 274 g/mol. The van der Waals surface area contributed by atoms with Crippen molar-refractivity contribution in [1.29, 1.82) is 0 Å². The maximum Gasteiger partial charge on any atom is 0.244 e. The molecule has 0 fully saturated rings. The van der Waals surface area contributed by atoms with Crippen LogP contribution in [0.1, 0.15) is 39.8 Å². The van der Waals surface area contributed by atoms with Gasteiger partial charge in [0.15, 0.2) is 0 Å². The fraction of sp³-hybridized carbons (Fsp3) is 0.714. The largest absolute Gasteiger partial charge is 0.352 e. The first-order valence-electron chi connectivity index (χ1n) is 7.26. The van der Waals surface area contributed by atoms with E-state index in [1.54, 1.807) is 16.6 Å². The number of aromatic nitrogens is 1. The van der Waals surface area contributed by atoms with Crippen LogP contribution in [0.25, 0.3) is 0 Å². The Kier molecular flexibility index (Phi) is 6.23. The van der Waals surface area contributed by atoms with Crippen LogP contribution in [0, 0.1) is 0 Å². The number of hydrogen-bond donors (Lipinski definition) is 1. The minimum Gasteiger partial charge on any atom is -0.352 e. The van der Waals surface area contributed by atoms with Gasteiger partial charge >= 0.3 is 0 Å². The molecular formula is C14H27N3O2S. The van der Waals surface area contributed by atoms with Crippen molar-refractivity contribution in [3.63, 3.8) is 0 Å². The van der Waals surface area contributed by atoms with Crippen LogP contribution in [0.4, 0.5) is 0 Å². The molecule has 1 heterocycles. The van der Waals surface area contributed by atoms with Crippen LogP contribution in [0.3, 0.4) is 0 Å². The molecule has 0 aromatic carbocycles. The van der Waals surface area contributed by atoms with Gasteiger partial charge in [0.25, 0.3) is 0 Å². The molecule has 0 saturated heterocycles. The monoisotopic (exact) mass is 301 g/mol. The molecule has 5 nitrogen and oxygen atoms in total. The first-order valence-corrected chi connectivity index (χ1v) is 8.70. The smallest absolute Gasteiger partial charge is 0.244 e. The van der Waals surface area contributed by atoms with E-state index in [9.17, 15) is 8.42 Å². The van der Waals surface area contributed by atoms with Gasteiger partial charge in [0.2, 0.25) is 10.0 Å². The topological polar surface area (TPSA) is 54.3 Å². The lowest BCUT2D eigenvalue weighted by atomic mass is 10.3. The van der Waals surface area contributed by atoms with Crippen molar-refractivity contribution < 1.29 is 8.42 Å². The van der Waals surface area contributed by atoms with E-state index < -0.39 is 10.0 Å². The molecule has 116 valence electrons. The molecule has 1 atom stereocenters. The summed E-state index contributed by atoms with van der Waals surface area (Å²) in [7, 11) is -1.52. The van der Waals surface area contributed by atoms with Gasteiger partial charge < -0.3 is 9.88 Å². The van der Waals surface area contributed by atoms with Crippen LogP contribution in [0.15, 0.2) is 17.2 Å². The highest BCUT2D eigenvalue weighted by molar-refractivity contribution is 7.89. The van der Waals surface area contributed by atoms with Crippen molar-refractivity contribution in [3.8, 4) is 0 Å². The van der Waals surface area contributed by atoms with E-state index in [1.807, 2.05) is 39.3 Å². The first kappa shape index (κ1) is 17.2. The molecule has 1 N–H and O–H groups in total. The van der Waals surface area contributed by atoms with Crippen LogP contribution in [0.5, 0.6) is 0 Å². The van der Waals surface area contributed by atoms with E-state index in [4.69, 9.17) is 0 Å². The van der Waals surface area contributed by atoms with Crippen LogP contribution in [0.2, 0.25) is 0 Å². The molecule has 20 heavy (non-hydrogen) atoms. The third-order valence-electron chi connectivity index (χ3n) is 3.64. The number of rotatable bonds is 8. The second-order valence-electron chi connectivity index (χ2n) is 5.02. The molecule has 0 aliphatic rings. The van der Waals surface area contributed by atoms with Gasteiger partial charge in [0.1, 0.15) is 4.90 Å². The minimum absolute atomic E-state index is 0.0161. The highest BCUT2D eigenvalue weighted by Crippen LogP contribution is 2.21. The number of hydrogen-bond acceptors (Lipinski definition) is 3. The molecule has 1 unspecified atom stereocenters. The molecule has 6 heteroatoms.